The summed E-state index contributed by atoms with van der Waals surface area (Å²) in [6.07, 6.45) is 3.45. The van der Waals surface area contributed by atoms with Crippen LogP contribution in [0.15, 0.2) is 114 Å². The lowest BCUT2D eigenvalue weighted by Gasteiger charge is -2.24. The fourth-order valence-electron chi connectivity index (χ4n) is 4.47. The SMILES string of the molecule is Cc1c(Cl)cccc1NC(=O)C(C)(C)Sc1ccc(NC(=O)C(=Cc2c[nH]c3ccccc23)NC(=O)c2ccccc2)cc1. The first-order valence-electron chi connectivity index (χ1n) is 13.9. The van der Waals surface area contributed by atoms with Gasteiger partial charge in [-0.1, -0.05) is 54.1 Å². The molecule has 1 heterocycles. The second kappa shape index (κ2) is 13.2. The maximum Gasteiger partial charge on any atom is 0.272 e. The van der Waals surface area contributed by atoms with Crippen molar-refractivity contribution in [2.24, 2.45) is 0 Å². The second-order valence-electron chi connectivity index (χ2n) is 10.6. The van der Waals surface area contributed by atoms with Gasteiger partial charge in [-0.15, -0.1) is 11.8 Å². The van der Waals surface area contributed by atoms with Gasteiger partial charge in [-0.2, -0.15) is 0 Å². The molecule has 0 aliphatic carbocycles. The molecule has 0 aliphatic rings. The molecule has 0 fully saturated rings. The van der Waals surface area contributed by atoms with E-state index in [-0.39, 0.29) is 11.6 Å². The van der Waals surface area contributed by atoms with Crippen molar-refractivity contribution in [3.63, 3.8) is 0 Å². The van der Waals surface area contributed by atoms with Crippen LogP contribution in [0.4, 0.5) is 11.4 Å². The predicted molar refractivity (Wildman–Crippen MR) is 180 cm³/mol. The Bertz CT molecular complexity index is 1860. The third-order valence-electron chi connectivity index (χ3n) is 7.00. The molecule has 222 valence electrons. The maximum absolute atomic E-state index is 13.5. The third-order valence-corrected chi connectivity index (χ3v) is 8.61. The zero-order valence-electron chi connectivity index (χ0n) is 24.4. The molecule has 7 nitrogen and oxygen atoms in total. The van der Waals surface area contributed by atoms with Crippen LogP contribution in [0.25, 0.3) is 17.0 Å². The molecule has 1 aromatic heterocycles. The number of aromatic amines is 1. The number of hydrogen-bond donors (Lipinski definition) is 4. The summed E-state index contributed by atoms with van der Waals surface area (Å²) < 4.78 is -0.795. The van der Waals surface area contributed by atoms with Crippen LogP contribution in [0.1, 0.15) is 35.3 Å². The van der Waals surface area contributed by atoms with E-state index in [2.05, 4.69) is 20.9 Å². The molecule has 0 radical (unpaired) electrons. The summed E-state index contributed by atoms with van der Waals surface area (Å²) in [5.41, 5.74) is 4.22. The van der Waals surface area contributed by atoms with Gasteiger partial charge in [0.2, 0.25) is 5.91 Å². The monoisotopic (exact) mass is 622 g/mol. The number of halogens is 1. The quantitative estimate of drug-likeness (QED) is 0.0986. The van der Waals surface area contributed by atoms with Gasteiger partial charge < -0.3 is 20.9 Å². The second-order valence-corrected chi connectivity index (χ2v) is 12.7. The van der Waals surface area contributed by atoms with Crippen molar-refractivity contribution in [3.05, 3.63) is 131 Å². The lowest BCUT2D eigenvalue weighted by atomic mass is 10.1. The van der Waals surface area contributed by atoms with Crippen LogP contribution < -0.4 is 16.0 Å². The number of anilines is 2. The number of fused-ring (bicyclic) bond motifs is 1. The molecule has 5 aromatic rings. The molecule has 0 saturated carbocycles. The number of thioether (sulfide) groups is 1. The molecule has 3 amide bonds. The van der Waals surface area contributed by atoms with E-state index in [1.807, 2.05) is 69.3 Å². The number of carbonyl (C=O) groups is 3. The largest absolute Gasteiger partial charge is 0.361 e. The molecule has 5 rings (SSSR count). The number of hydrogen-bond acceptors (Lipinski definition) is 4. The Labute approximate surface area is 265 Å². The van der Waals surface area contributed by atoms with Crippen molar-refractivity contribution in [3.8, 4) is 0 Å². The lowest BCUT2D eigenvalue weighted by molar-refractivity contribution is -0.117. The van der Waals surface area contributed by atoms with Crippen LogP contribution in [0.2, 0.25) is 5.02 Å². The minimum Gasteiger partial charge on any atom is -0.361 e. The summed E-state index contributed by atoms with van der Waals surface area (Å²) in [4.78, 5) is 43.7. The Morgan fingerprint density at radius 1 is 0.841 bits per heavy atom. The molecular weight excluding hydrogens is 592 g/mol. The summed E-state index contributed by atoms with van der Waals surface area (Å²) in [5.74, 6) is -1.03. The van der Waals surface area contributed by atoms with Crippen molar-refractivity contribution >= 4 is 69.4 Å². The van der Waals surface area contributed by atoms with Gasteiger partial charge in [0.15, 0.2) is 0 Å². The van der Waals surface area contributed by atoms with E-state index in [4.69, 9.17) is 11.6 Å². The smallest absolute Gasteiger partial charge is 0.272 e. The fourth-order valence-corrected chi connectivity index (χ4v) is 5.65. The normalized spacial score (nSPS) is 11.7. The number of benzene rings is 4. The first-order valence-corrected chi connectivity index (χ1v) is 15.1. The van der Waals surface area contributed by atoms with Crippen LogP contribution in [0.5, 0.6) is 0 Å². The van der Waals surface area contributed by atoms with Gasteiger partial charge in [0.1, 0.15) is 5.70 Å². The standard InChI is InChI=1S/C35H31ClN4O3S/c1-22-28(36)13-9-15-29(22)40-34(43)35(2,3)44-26-18-16-25(17-19-26)38-33(42)31(39-32(41)23-10-5-4-6-11-23)20-24-21-37-30-14-8-7-12-27(24)30/h4-21,37H,1-3H3,(H,38,42)(H,39,41)(H,40,43). The first kappa shape index (κ1) is 30.7. The van der Waals surface area contributed by atoms with Crippen LogP contribution in [-0.2, 0) is 9.59 Å². The topological polar surface area (TPSA) is 103 Å². The van der Waals surface area contributed by atoms with E-state index < -0.39 is 16.6 Å². The molecule has 9 heteroatoms. The first-order chi connectivity index (χ1) is 21.1. The van der Waals surface area contributed by atoms with Crippen molar-refractivity contribution in [1.82, 2.24) is 10.3 Å². The van der Waals surface area contributed by atoms with Gasteiger partial charge in [0, 0.05) is 49.5 Å². The molecular formula is C35H31ClN4O3S. The number of carbonyl (C=O) groups excluding carboxylic acids is 3. The lowest BCUT2D eigenvalue weighted by Crippen LogP contribution is -2.34. The van der Waals surface area contributed by atoms with Gasteiger partial charge in [-0.25, -0.2) is 0 Å². The number of aromatic nitrogens is 1. The van der Waals surface area contributed by atoms with Gasteiger partial charge in [-0.05, 0) is 87.0 Å². The molecule has 44 heavy (non-hydrogen) atoms. The Balaban J connectivity index is 1.31. The van der Waals surface area contributed by atoms with Crippen molar-refractivity contribution in [2.75, 3.05) is 10.6 Å². The molecule has 4 aromatic carbocycles. The molecule has 0 bridgehead atoms. The molecule has 0 saturated heterocycles. The van der Waals surface area contributed by atoms with Crippen molar-refractivity contribution in [2.45, 2.75) is 30.4 Å². The van der Waals surface area contributed by atoms with E-state index in [0.717, 1.165) is 26.9 Å². The predicted octanol–water partition coefficient (Wildman–Crippen LogP) is 8.05. The van der Waals surface area contributed by atoms with E-state index in [9.17, 15) is 14.4 Å². The highest BCUT2D eigenvalue weighted by molar-refractivity contribution is 8.01. The van der Waals surface area contributed by atoms with Crippen molar-refractivity contribution < 1.29 is 14.4 Å². The molecule has 0 aliphatic heterocycles. The number of nitrogens with one attached hydrogen (secondary N) is 4. The van der Waals surface area contributed by atoms with E-state index in [0.29, 0.717) is 22.0 Å². The minimum atomic E-state index is -0.795. The van der Waals surface area contributed by atoms with E-state index in [1.165, 1.54) is 11.8 Å². The zero-order chi connectivity index (χ0) is 31.3. The van der Waals surface area contributed by atoms with Gasteiger partial charge >= 0.3 is 0 Å². The summed E-state index contributed by atoms with van der Waals surface area (Å²) >= 11 is 7.61. The highest BCUT2D eigenvalue weighted by Gasteiger charge is 2.29. The summed E-state index contributed by atoms with van der Waals surface area (Å²) in [7, 11) is 0. The van der Waals surface area contributed by atoms with Crippen molar-refractivity contribution in [1.29, 1.82) is 0 Å². The number of rotatable bonds is 9. The van der Waals surface area contributed by atoms with Crippen LogP contribution >= 0.6 is 23.4 Å². The molecule has 4 N–H and O–H groups in total. The summed E-state index contributed by atoms with van der Waals surface area (Å²) in [6.45, 7) is 5.55. The number of para-hydroxylation sites is 1. The van der Waals surface area contributed by atoms with Crippen LogP contribution in [0.3, 0.4) is 0 Å². The highest BCUT2D eigenvalue weighted by Crippen LogP contribution is 2.35. The van der Waals surface area contributed by atoms with E-state index >= 15 is 0 Å². The fraction of sp³-hybridized carbons (Fsp3) is 0.114. The van der Waals surface area contributed by atoms with E-state index in [1.54, 1.807) is 60.8 Å². The molecule has 0 atom stereocenters. The Morgan fingerprint density at radius 2 is 1.55 bits per heavy atom. The average molecular weight is 623 g/mol. The minimum absolute atomic E-state index is 0.0937. The van der Waals surface area contributed by atoms with Crippen LogP contribution in [-0.4, -0.2) is 27.5 Å². The summed E-state index contributed by atoms with van der Waals surface area (Å²) in [5, 5.41) is 10.1. The number of H-pyrrole nitrogens is 1. The number of amides is 3. The Hall–Kier alpha value is -4.79. The molecule has 0 unspecified atom stereocenters. The Morgan fingerprint density at radius 3 is 2.30 bits per heavy atom. The average Bonchev–Trinajstić information content (AvgIpc) is 3.43. The Kier molecular flexibility index (Phi) is 9.23. The van der Waals surface area contributed by atoms with Crippen LogP contribution in [0, 0.1) is 6.92 Å². The third kappa shape index (κ3) is 7.22. The molecule has 0 spiro atoms. The zero-order valence-corrected chi connectivity index (χ0v) is 26.0. The maximum atomic E-state index is 13.5. The van der Waals surface area contributed by atoms with Gasteiger partial charge in [-0.3, -0.25) is 14.4 Å². The highest BCUT2D eigenvalue weighted by atomic mass is 35.5. The van der Waals surface area contributed by atoms with Gasteiger partial charge in [0.05, 0.1) is 4.75 Å². The summed E-state index contributed by atoms with van der Waals surface area (Å²) in [6, 6.07) is 29.0. The van der Waals surface area contributed by atoms with Gasteiger partial charge in [0.25, 0.3) is 11.8 Å².